The molecule has 0 spiro atoms. The summed E-state index contributed by atoms with van der Waals surface area (Å²) in [5, 5.41) is 3.26. The molecule has 1 heterocycles. The Kier molecular flexibility index (Phi) is 5.13. The van der Waals surface area contributed by atoms with Gasteiger partial charge in [0.15, 0.2) is 0 Å². The molecule has 2 aromatic carbocycles. The summed E-state index contributed by atoms with van der Waals surface area (Å²) >= 11 is 6.11. The summed E-state index contributed by atoms with van der Waals surface area (Å²) in [5.74, 6) is -0.849. The normalized spacial score (nSPS) is 16.7. The highest BCUT2D eigenvalue weighted by Gasteiger charge is 2.36. The highest BCUT2D eigenvalue weighted by Crippen LogP contribution is 2.37. The van der Waals surface area contributed by atoms with Crippen molar-refractivity contribution >= 4 is 34.8 Å². The second kappa shape index (κ2) is 7.33. The molecule has 1 aliphatic rings. The molecule has 1 saturated heterocycles. The summed E-state index contributed by atoms with van der Waals surface area (Å²) in [6, 6.07) is 8.93. The molecule has 5 nitrogen and oxygen atoms in total. The SMILES string of the molecule is COc1cc(Cl)c(C)cc1N1CC(C(=O)Nc2ccc(F)cc2)CC1=O. The third-order valence-corrected chi connectivity index (χ3v) is 4.77. The maximum Gasteiger partial charge on any atom is 0.229 e. The highest BCUT2D eigenvalue weighted by molar-refractivity contribution is 6.31. The number of amides is 2. The molecule has 136 valence electrons. The van der Waals surface area contributed by atoms with Crippen LogP contribution in [0.3, 0.4) is 0 Å². The first-order valence-electron chi connectivity index (χ1n) is 8.10. The average molecular weight is 377 g/mol. The zero-order valence-electron chi connectivity index (χ0n) is 14.4. The van der Waals surface area contributed by atoms with Crippen LogP contribution >= 0.6 is 11.6 Å². The van der Waals surface area contributed by atoms with Crippen LogP contribution in [0.5, 0.6) is 5.75 Å². The van der Waals surface area contributed by atoms with Gasteiger partial charge in [-0.15, -0.1) is 0 Å². The maximum atomic E-state index is 13.0. The Morgan fingerprint density at radius 3 is 2.65 bits per heavy atom. The molecule has 0 saturated carbocycles. The summed E-state index contributed by atoms with van der Waals surface area (Å²) in [4.78, 5) is 26.5. The fraction of sp³-hybridized carbons (Fsp3) is 0.263. The summed E-state index contributed by atoms with van der Waals surface area (Å²) in [6.07, 6.45) is 0.0951. The van der Waals surface area contributed by atoms with E-state index in [9.17, 15) is 14.0 Å². The zero-order chi connectivity index (χ0) is 18.8. The van der Waals surface area contributed by atoms with Crippen molar-refractivity contribution in [2.75, 3.05) is 23.9 Å². The number of aryl methyl sites for hydroxylation is 1. The van der Waals surface area contributed by atoms with Gasteiger partial charge in [0.2, 0.25) is 11.8 Å². The van der Waals surface area contributed by atoms with Crippen LogP contribution in [0.25, 0.3) is 0 Å². The lowest BCUT2D eigenvalue weighted by molar-refractivity contribution is -0.122. The first-order chi connectivity index (χ1) is 12.4. The van der Waals surface area contributed by atoms with Gasteiger partial charge in [-0.3, -0.25) is 9.59 Å². The predicted molar refractivity (Wildman–Crippen MR) is 98.2 cm³/mol. The maximum absolute atomic E-state index is 13.0. The summed E-state index contributed by atoms with van der Waals surface area (Å²) in [5.41, 5.74) is 1.90. The van der Waals surface area contributed by atoms with E-state index in [1.807, 2.05) is 6.92 Å². The number of hydrogen-bond donors (Lipinski definition) is 1. The van der Waals surface area contributed by atoms with Gasteiger partial charge in [0, 0.05) is 29.7 Å². The number of rotatable bonds is 4. The zero-order valence-corrected chi connectivity index (χ0v) is 15.1. The van der Waals surface area contributed by atoms with Gasteiger partial charge in [-0.2, -0.15) is 0 Å². The highest BCUT2D eigenvalue weighted by atomic mass is 35.5. The third-order valence-electron chi connectivity index (χ3n) is 4.36. The van der Waals surface area contributed by atoms with E-state index in [1.165, 1.54) is 36.3 Å². The van der Waals surface area contributed by atoms with Crippen molar-refractivity contribution in [2.24, 2.45) is 5.92 Å². The molecule has 1 unspecified atom stereocenters. The number of nitrogens with one attached hydrogen (secondary N) is 1. The third kappa shape index (κ3) is 3.65. The smallest absolute Gasteiger partial charge is 0.229 e. The molecule has 3 rings (SSSR count). The van der Waals surface area contributed by atoms with E-state index in [0.717, 1.165) is 5.56 Å². The molecule has 2 aromatic rings. The van der Waals surface area contributed by atoms with Crippen molar-refractivity contribution in [3.63, 3.8) is 0 Å². The second-order valence-corrected chi connectivity index (χ2v) is 6.58. The summed E-state index contributed by atoms with van der Waals surface area (Å²) in [7, 11) is 1.50. The fourth-order valence-electron chi connectivity index (χ4n) is 2.92. The molecule has 2 amide bonds. The van der Waals surface area contributed by atoms with Crippen molar-refractivity contribution in [1.82, 2.24) is 0 Å². The van der Waals surface area contributed by atoms with Crippen LogP contribution in [-0.4, -0.2) is 25.5 Å². The van der Waals surface area contributed by atoms with Crippen molar-refractivity contribution in [2.45, 2.75) is 13.3 Å². The average Bonchev–Trinajstić information content (AvgIpc) is 3.00. The Labute approximate surface area is 155 Å². The molecule has 0 aliphatic carbocycles. The number of carbonyl (C=O) groups is 2. The van der Waals surface area contributed by atoms with E-state index >= 15 is 0 Å². The van der Waals surface area contributed by atoms with Gasteiger partial charge in [0.1, 0.15) is 11.6 Å². The van der Waals surface area contributed by atoms with Crippen LogP contribution < -0.4 is 15.0 Å². The van der Waals surface area contributed by atoms with Gasteiger partial charge in [-0.1, -0.05) is 11.6 Å². The molecular formula is C19H18ClFN2O3. The Morgan fingerprint density at radius 1 is 1.31 bits per heavy atom. The summed E-state index contributed by atoms with van der Waals surface area (Å²) in [6.45, 7) is 2.08. The Balaban J connectivity index is 1.77. The lowest BCUT2D eigenvalue weighted by atomic mass is 10.1. The van der Waals surface area contributed by atoms with Crippen molar-refractivity contribution in [3.05, 3.63) is 52.8 Å². The van der Waals surface area contributed by atoms with Gasteiger partial charge in [0.25, 0.3) is 0 Å². The number of methoxy groups -OCH3 is 1. The van der Waals surface area contributed by atoms with E-state index < -0.39 is 5.92 Å². The Morgan fingerprint density at radius 2 is 2.00 bits per heavy atom. The van der Waals surface area contributed by atoms with Crippen molar-refractivity contribution < 1.29 is 18.7 Å². The minimum atomic E-state index is -0.506. The van der Waals surface area contributed by atoms with Gasteiger partial charge in [0.05, 0.1) is 18.7 Å². The second-order valence-electron chi connectivity index (χ2n) is 6.17. The first kappa shape index (κ1) is 18.2. The number of benzene rings is 2. The molecule has 1 atom stereocenters. The number of ether oxygens (including phenoxy) is 1. The van der Waals surface area contributed by atoms with Crippen molar-refractivity contribution in [1.29, 1.82) is 0 Å². The van der Waals surface area contributed by atoms with Crippen LogP contribution in [0.15, 0.2) is 36.4 Å². The van der Waals surface area contributed by atoms with E-state index in [2.05, 4.69) is 5.32 Å². The van der Waals surface area contributed by atoms with Crippen LogP contribution in [0.1, 0.15) is 12.0 Å². The predicted octanol–water partition coefficient (Wildman–Crippen LogP) is 3.79. The molecule has 7 heteroatoms. The van der Waals surface area contributed by atoms with E-state index in [-0.39, 0.29) is 30.6 Å². The lowest BCUT2D eigenvalue weighted by Gasteiger charge is -2.20. The van der Waals surface area contributed by atoms with Crippen molar-refractivity contribution in [3.8, 4) is 5.75 Å². The van der Waals surface area contributed by atoms with Gasteiger partial charge in [-0.25, -0.2) is 4.39 Å². The number of nitrogens with zero attached hydrogens (tertiary/aromatic N) is 1. The molecule has 1 fully saturated rings. The molecule has 0 bridgehead atoms. The van der Waals surface area contributed by atoms with E-state index in [4.69, 9.17) is 16.3 Å². The first-order valence-corrected chi connectivity index (χ1v) is 8.47. The molecular weight excluding hydrogens is 359 g/mol. The van der Waals surface area contributed by atoms with Crippen LogP contribution in [-0.2, 0) is 9.59 Å². The number of carbonyl (C=O) groups excluding carboxylic acids is 2. The topological polar surface area (TPSA) is 58.6 Å². The number of halogens is 2. The minimum absolute atomic E-state index is 0.0951. The molecule has 26 heavy (non-hydrogen) atoms. The van der Waals surface area contributed by atoms with Crippen LogP contribution in [0.2, 0.25) is 5.02 Å². The minimum Gasteiger partial charge on any atom is -0.495 e. The Hall–Kier alpha value is -2.60. The molecule has 1 N–H and O–H groups in total. The monoisotopic (exact) mass is 376 g/mol. The standard InChI is InChI=1S/C19H18ClFN2O3/c1-11-7-16(17(26-2)9-15(11)20)23-10-12(8-18(23)24)19(25)22-14-5-3-13(21)4-6-14/h3-7,9,12H,8,10H2,1-2H3,(H,22,25). The molecule has 0 radical (unpaired) electrons. The van der Waals surface area contributed by atoms with Gasteiger partial charge in [-0.05, 0) is 42.8 Å². The van der Waals surface area contributed by atoms with Crippen LogP contribution in [0.4, 0.5) is 15.8 Å². The van der Waals surface area contributed by atoms with E-state index in [1.54, 1.807) is 12.1 Å². The van der Waals surface area contributed by atoms with Gasteiger partial charge >= 0.3 is 0 Å². The van der Waals surface area contributed by atoms with E-state index in [0.29, 0.717) is 22.1 Å². The Bertz CT molecular complexity index is 855. The lowest BCUT2D eigenvalue weighted by Crippen LogP contribution is -2.28. The molecule has 0 aromatic heterocycles. The quantitative estimate of drug-likeness (QED) is 0.883. The largest absolute Gasteiger partial charge is 0.495 e. The number of anilines is 2. The fourth-order valence-corrected chi connectivity index (χ4v) is 3.07. The summed E-state index contributed by atoms with van der Waals surface area (Å²) < 4.78 is 18.3. The number of hydrogen-bond acceptors (Lipinski definition) is 3. The van der Waals surface area contributed by atoms with Crippen LogP contribution in [0, 0.1) is 18.7 Å². The van der Waals surface area contributed by atoms with Gasteiger partial charge < -0.3 is 15.0 Å². The molecule has 1 aliphatic heterocycles.